The van der Waals surface area contributed by atoms with Gasteiger partial charge in [0.15, 0.2) is 0 Å². The van der Waals surface area contributed by atoms with Crippen molar-refractivity contribution in [2.24, 2.45) is 5.73 Å². The Labute approximate surface area is 146 Å². The lowest BCUT2D eigenvalue weighted by atomic mass is 9.91. The number of nitrogens with one attached hydrogen (secondary N) is 1. The molecule has 0 radical (unpaired) electrons. The van der Waals surface area contributed by atoms with Gasteiger partial charge in [-0.2, -0.15) is 0 Å². The molecule has 3 aromatic carbocycles. The molecule has 0 bridgehead atoms. The molecule has 1 amide bonds. The predicted molar refractivity (Wildman–Crippen MR) is 98.6 cm³/mol. The van der Waals surface area contributed by atoms with E-state index >= 15 is 0 Å². The zero-order valence-electron chi connectivity index (χ0n) is 14.1. The number of fused-ring (bicyclic) bond motifs is 1. The van der Waals surface area contributed by atoms with Gasteiger partial charge in [-0.3, -0.25) is 4.79 Å². The fourth-order valence-electron chi connectivity index (χ4n) is 2.87. The van der Waals surface area contributed by atoms with Gasteiger partial charge in [0.1, 0.15) is 5.82 Å². The van der Waals surface area contributed by atoms with Crippen LogP contribution in [0.5, 0.6) is 0 Å². The zero-order chi connectivity index (χ0) is 17.8. The Hall–Kier alpha value is -2.72. The minimum absolute atomic E-state index is 0.129. The highest BCUT2D eigenvalue weighted by atomic mass is 19.1. The Balaban J connectivity index is 1.69. The topological polar surface area (TPSA) is 55.1 Å². The minimum Gasteiger partial charge on any atom is -0.351 e. The summed E-state index contributed by atoms with van der Waals surface area (Å²) < 4.78 is 13.6. The molecule has 2 atom stereocenters. The average Bonchev–Trinajstić information content (AvgIpc) is 2.65. The molecule has 0 aliphatic heterocycles. The molecule has 0 saturated heterocycles. The summed E-state index contributed by atoms with van der Waals surface area (Å²) >= 11 is 0. The average molecular weight is 336 g/mol. The molecule has 0 fully saturated rings. The third-order valence-electron chi connectivity index (χ3n) is 4.55. The first kappa shape index (κ1) is 17.1. The molecule has 0 spiro atoms. The van der Waals surface area contributed by atoms with E-state index in [-0.39, 0.29) is 24.2 Å². The van der Waals surface area contributed by atoms with E-state index in [2.05, 4.69) is 11.4 Å². The van der Waals surface area contributed by atoms with Crippen molar-refractivity contribution in [2.75, 3.05) is 0 Å². The van der Waals surface area contributed by atoms with Crippen LogP contribution in [0.4, 0.5) is 4.39 Å². The van der Waals surface area contributed by atoms with Crippen molar-refractivity contribution in [2.45, 2.75) is 25.4 Å². The number of benzene rings is 3. The number of hydrogen-bond acceptors (Lipinski definition) is 2. The van der Waals surface area contributed by atoms with Crippen LogP contribution in [-0.2, 0) is 11.3 Å². The van der Waals surface area contributed by atoms with E-state index in [1.165, 1.54) is 6.07 Å². The van der Waals surface area contributed by atoms with E-state index in [4.69, 9.17) is 5.73 Å². The van der Waals surface area contributed by atoms with E-state index in [1.807, 2.05) is 43.3 Å². The summed E-state index contributed by atoms with van der Waals surface area (Å²) in [5, 5.41) is 4.99. The number of rotatable bonds is 5. The molecule has 0 saturated carbocycles. The lowest BCUT2D eigenvalue weighted by Gasteiger charge is -2.20. The summed E-state index contributed by atoms with van der Waals surface area (Å²) in [6.45, 7) is 2.06. The molecule has 3 nitrogen and oxygen atoms in total. The maximum atomic E-state index is 13.6. The van der Waals surface area contributed by atoms with Gasteiger partial charge in [0.2, 0.25) is 5.91 Å². The second kappa shape index (κ2) is 7.45. The van der Waals surface area contributed by atoms with Gasteiger partial charge >= 0.3 is 0 Å². The fourth-order valence-corrected chi connectivity index (χ4v) is 2.87. The molecule has 128 valence electrons. The summed E-state index contributed by atoms with van der Waals surface area (Å²) in [6.07, 6.45) is 0. The van der Waals surface area contributed by atoms with Crippen LogP contribution in [-0.4, -0.2) is 11.9 Å². The van der Waals surface area contributed by atoms with Gasteiger partial charge in [0.05, 0.1) is 6.04 Å². The standard InChI is InChI=1S/C21H21FN2O/c1-14(16-11-10-15-6-2-3-7-17(15)12-16)20(23)21(25)24-13-18-8-4-5-9-19(18)22/h2-12,14,20H,13,23H2,1H3,(H,24,25). The van der Waals surface area contributed by atoms with E-state index in [9.17, 15) is 9.18 Å². The Kier molecular flexibility index (Phi) is 5.10. The first-order valence-electron chi connectivity index (χ1n) is 8.31. The van der Waals surface area contributed by atoms with Crippen molar-refractivity contribution in [1.29, 1.82) is 0 Å². The largest absolute Gasteiger partial charge is 0.351 e. The van der Waals surface area contributed by atoms with Crippen molar-refractivity contribution in [1.82, 2.24) is 5.32 Å². The number of carbonyl (C=O) groups excluding carboxylic acids is 1. The van der Waals surface area contributed by atoms with Gasteiger partial charge in [-0.15, -0.1) is 0 Å². The second-order valence-electron chi connectivity index (χ2n) is 6.23. The van der Waals surface area contributed by atoms with Crippen molar-refractivity contribution < 1.29 is 9.18 Å². The van der Waals surface area contributed by atoms with Gasteiger partial charge in [0.25, 0.3) is 0 Å². The molecule has 2 unspecified atom stereocenters. The molecule has 25 heavy (non-hydrogen) atoms. The van der Waals surface area contributed by atoms with Gasteiger partial charge in [-0.1, -0.05) is 67.6 Å². The second-order valence-corrected chi connectivity index (χ2v) is 6.23. The summed E-state index contributed by atoms with van der Waals surface area (Å²) in [5.41, 5.74) is 7.59. The molecular weight excluding hydrogens is 315 g/mol. The number of halogens is 1. The highest BCUT2D eigenvalue weighted by Gasteiger charge is 2.22. The third kappa shape index (κ3) is 3.86. The van der Waals surface area contributed by atoms with Gasteiger partial charge in [-0.25, -0.2) is 4.39 Å². The van der Waals surface area contributed by atoms with Gasteiger partial charge < -0.3 is 11.1 Å². The number of hydrogen-bond donors (Lipinski definition) is 2. The summed E-state index contributed by atoms with van der Waals surface area (Å²) in [6, 6.07) is 19.8. The van der Waals surface area contributed by atoms with Gasteiger partial charge in [0, 0.05) is 18.0 Å². The Morgan fingerprint density at radius 3 is 2.48 bits per heavy atom. The molecule has 3 rings (SSSR count). The smallest absolute Gasteiger partial charge is 0.237 e. The number of nitrogens with two attached hydrogens (primary N) is 1. The molecular formula is C21H21FN2O. The van der Waals surface area contributed by atoms with Crippen LogP contribution in [0.2, 0.25) is 0 Å². The molecule has 0 heterocycles. The van der Waals surface area contributed by atoms with E-state index < -0.39 is 6.04 Å². The zero-order valence-corrected chi connectivity index (χ0v) is 14.1. The number of amides is 1. The molecule has 0 aliphatic rings. The molecule has 0 aliphatic carbocycles. The van der Waals surface area contributed by atoms with Crippen LogP contribution in [0.15, 0.2) is 66.7 Å². The van der Waals surface area contributed by atoms with Crippen molar-refractivity contribution in [3.63, 3.8) is 0 Å². The summed E-state index contributed by atoms with van der Waals surface area (Å²) in [4.78, 5) is 12.3. The first-order valence-corrected chi connectivity index (χ1v) is 8.31. The van der Waals surface area contributed by atoms with Crippen LogP contribution >= 0.6 is 0 Å². The first-order chi connectivity index (χ1) is 12.1. The number of carbonyl (C=O) groups is 1. The maximum absolute atomic E-state index is 13.6. The molecule has 3 N–H and O–H groups in total. The van der Waals surface area contributed by atoms with E-state index in [0.29, 0.717) is 5.56 Å². The van der Waals surface area contributed by atoms with Crippen molar-refractivity contribution in [3.05, 3.63) is 83.7 Å². The molecule has 0 aromatic heterocycles. The normalized spacial score (nSPS) is 13.4. The van der Waals surface area contributed by atoms with Crippen LogP contribution in [0.25, 0.3) is 10.8 Å². The predicted octanol–water partition coefficient (Wildman–Crippen LogP) is 3.73. The van der Waals surface area contributed by atoms with Crippen molar-refractivity contribution >= 4 is 16.7 Å². The summed E-state index contributed by atoms with van der Waals surface area (Å²) in [5.74, 6) is -0.770. The van der Waals surface area contributed by atoms with Gasteiger partial charge in [-0.05, 0) is 22.4 Å². The SMILES string of the molecule is CC(c1ccc2ccccc2c1)C(N)C(=O)NCc1ccccc1F. The molecule has 3 aromatic rings. The Morgan fingerprint density at radius 2 is 1.72 bits per heavy atom. The van der Waals surface area contributed by atoms with E-state index in [1.54, 1.807) is 18.2 Å². The Bertz CT molecular complexity index is 894. The van der Waals surface area contributed by atoms with Crippen LogP contribution in [0.1, 0.15) is 24.0 Å². The maximum Gasteiger partial charge on any atom is 0.237 e. The van der Waals surface area contributed by atoms with E-state index in [0.717, 1.165) is 16.3 Å². The lowest BCUT2D eigenvalue weighted by molar-refractivity contribution is -0.122. The quantitative estimate of drug-likeness (QED) is 0.746. The minimum atomic E-state index is -0.701. The highest BCUT2D eigenvalue weighted by Crippen LogP contribution is 2.23. The van der Waals surface area contributed by atoms with Crippen LogP contribution < -0.4 is 11.1 Å². The van der Waals surface area contributed by atoms with Crippen LogP contribution in [0.3, 0.4) is 0 Å². The Morgan fingerprint density at radius 1 is 1.04 bits per heavy atom. The fraction of sp³-hybridized carbons (Fsp3) is 0.190. The highest BCUT2D eigenvalue weighted by molar-refractivity contribution is 5.85. The van der Waals surface area contributed by atoms with Crippen molar-refractivity contribution in [3.8, 4) is 0 Å². The third-order valence-corrected chi connectivity index (χ3v) is 4.55. The summed E-state index contributed by atoms with van der Waals surface area (Å²) in [7, 11) is 0. The lowest BCUT2D eigenvalue weighted by Crippen LogP contribution is -2.43. The monoisotopic (exact) mass is 336 g/mol. The molecule has 4 heteroatoms. The van der Waals surface area contributed by atoms with Crippen LogP contribution in [0, 0.1) is 5.82 Å².